The molecule has 0 atom stereocenters. The molecule has 1 aromatic rings. The van der Waals surface area contributed by atoms with E-state index in [0.717, 1.165) is 48.8 Å². The van der Waals surface area contributed by atoms with E-state index < -0.39 is 0 Å². The van der Waals surface area contributed by atoms with E-state index in [-0.39, 0.29) is 4.75 Å². The highest BCUT2D eigenvalue weighted by molar-refractivity contribution is 8.00. The quantitative estimate of drug-likeness (QED) is 0.765. The summed E-state index contributed by atoms with van der Waals surface area (Å²) < 4.78 is 0.281. The highest BCUT2D eigenvalue weighted by Gasteiger charge is 2.25. The smallest absolute Gasteiger partial charge is 0.134 e. The lowest BCUT2D eigenvalue weighted by atomic mass is 10.0. The van der Waals surface area contributed by atoms with Crippen LogP contribution < -0.4 is 10.6 Å². The van der Waals surface area contributed by atoms with Gasteiger partial charge in [0, 0.05) is 30.3 Å². The van der Waals surface area contributed by atoms with Gasteiger partial charge < -0.3 is 10.6 Å². The SMILES string of the molecule is CCc1nc(NC)c(C)c(NCC(CC)(CC)SC)n1. The van der Waals surface area contributed by atoms with E-state index in [0.29, 0.717) is 0 Å². The second-order valence-corrected chi connectivity index (χ2v) is 6.29. The van der Waals surface area contributed by atoms with Gasteiger partial charge in [-0.1, -0.05) is 20.8 Å². The number of hydrogen-bond donors (Lipinski definition) is 2. The van der Waals surface area contributed by atoms with Crippen LogP contribution in [0, 0.1) is 6.92 Å². The number of aromatic nitrogens is 2. The molecule has 2 N–H and O–H groups in total. The summed E-state index contributed by atoms with van der Waals surface area (Å²) in [4.78, 5) is 9.14. The van der Waals surface area contributed by atoms with E-state index in [1.54, 1.807) is 0 Å². The van der Waals surface area contributed by atoms with Crippen molar-refractivity contribution in [3.8, 4) is 0 Å². The standard InChI is InChI=1S/C15H28N4S/c1-7-12-18-13(16-5)11(4)14(19-12)17-10-15(8-2,9-3)20-6/h7-10H2,1-6H3,(H2,16,17,18,19). The van der Waals surface area contributed by atoms with Crippen molar-refractivity contribution in [1.29, 1.82) is 0 Å². The Kier molecular flexibility index (Phi) is 6.59. The fourth-order valence-corrected chi connectivity index (χ4v) is 3.04. The highest BCUT2D eigenvalue weighted by Crippen LogP contribution is 2.31. The molecule has 0 spiro atoms. The predicted octanol–water partition coefficient (Wildman–Crippen LogP) is 3.72. The van der Waals surface area contributed by atoms with Crippen molar-refractivity contribution in [1.82, 2.24) is 9.97 Å². The van der Waals surface area contributed by atoms with Crippen molar-refractivity contribution in [2.45, 2.75) is 51.7 Å². The second-order valence-electron chi connectivity index (χ2n) is 5.01. The van der Waals surface area contributed by atoms with Crippen molar-refractivity contribution in [3.05, 3.63) is 11.4 Å². The minimum Gasteiger partial charge on any atom is -0.373 e. The molecular formula is C15H28N4S. The van der Waals surface area contributed by atoms with Gasteiger partial charge in [-0.25, -0.2) is 9.97 Å². The highest BCUT2D eigenvalue weighted by atomic mass is 32.2. The van der Waals surface area contributed by atoms with Crippen LogP contribution in [-0.4, -0.2) is 34.6 Å². The maximum Gasteiger partial charge on any atom is 0.134 e. The first kappa shape index (κ1) is 17.1. The second kappa shape index (κ2) is 7.72. The van der Waals surface area contributed by atoms with E-state index in [4.69, 9.17) is 0 Å². The maximum absolute atomic E-state index is 4.63. The zero-order valence-corrected chi connectivity index (χ0v) is 14.4. The van der Waals surface area contributed by atoms with Crippen LogP contribution in [0.25, 0.3) is 0 Å². The molecular weight excluding hydrogens is 268 g/mol. The van der Waals surface area contributed by atoms with Crippen molar-refractivity contribution in [3.63, 3.8) is 0 Å². The van der Waals surface area contributed by atoms with E-state index in [1.807, 2.05) is 18.8 Å². The number of rotatable bonds is 8. The monoisotopic (exact) mass is 296 g/mol. The summed E-state index contributed by atoms with van der Waals surface area (Å²) in [5.41, 5.74) is 1.09. The number of thioether (sulfide) groups is 1. The molecule has 1 aromatic heterocycles. The molecule has 0 aromatic carbocycles. The van der Waals surface area contributed by atoms with Gasteiger partial charge in [-0.15, -0.1) is 0 Å². The van der Waals surface area contributed by atoms with Gasteiger partial charge in [0.05, 0.1) is 0 Å². The van der Waals surface area contributed by atoms with Crippen molar-refractivity contribution >= 4 is 23.4 Å². The summed E-state index contributed by atoms with van der Waals surface area (Å²) >= 11 is 1.94. The van der Waals surface area contributed by atoms with E-state index in [9.17, 15) is 0 Å². The number of hydrogen-bond acceptors (Lipinski definition) is 5. The molecule has 0 aliphatic heterocycles. The fraction of sp³-hybridized carbons (Fsp3) is 0.733. The molecule has 114 valence electrons. The third-order valence-electron chi connectivity index (χ3n) is 4.04. The molecule has 0 bridgehead atoms. The van der Waals surface area contributed by atoms with Crippen LogP contribution in [0.15, 0.2) is 0 Å². The Hall–Kier alpha value is -0.970. The van der Waals surface area contributed by atoms with Gasteiger partial charge in [-0.3, -0.25) is 0 Å². The first-order valence-corrected chi connectivity index (χ1v) is 8.62. The molecule has 1 heterocycles. The average molecular weight is 296 g/mol. The normalized spacial score (nSPS) is 11.5. The Bertz CT molecular complexity index is 422. The zero-order chi connectivity index (χ0) is 15.2. The predicted molar refractivity (Wildman–Crippen MR) is 91.0 cm³/mol. The maximum atomic E-state index is 4.63. The molecule has 0 radical (unpaired) electrons. The van der Waals surface area contributed by atoms with Crippen LogP contribution in [0.4, 0.5) is 11.6 Å². The van der Waals surface area contributed by atoms with E-state index >= 15 is 0 Å². The summed E-state index contributed by atoms with van der Waals surface area (Å²) in [6.07, 6.45) is 5.35. The number of nitrogens with one attached hydrogen (secondary N) is 2. The van der Waals surface area contributed by atoms with Crippen molar-refractivity contribution in [2.24, 2.45) is 0 Å². The molecule has 0 amide bonds. The molecule has 0 unspecified atom stereocenters. The van der Waals surface area contributed by atoms with Crippen molar-refractivity contribution < 1.29 is 0 Å². The molecule has 5 heteroatoms. The summed E-state index contributed by atoms with van der Waals surface area (Å²) in [6.45, 7) is 9.59. The largest absolute Gasteiger partial charge is 0.373 e. The zero-order valence-electron chi connectivity index (χ0n) is 13.6. The first-order chi connectivity index (χ1) is 9.55. The number of aryl methyl sites for hydroxylation is 1. The van der Waals surface area contributed by atoms with Crippen LogP contribution in [0.2, 0.25) is 0 Å². The van der Waals surface area contributed by atoms with Crippen LogP contribution in [0.1, 0.15) is 45.0 Å². The Balaban J connectivity index is 2.97. The van der Waals surface area contributed by atoms with Gasteiger partial charge in [-0.2, -0.15) is 11.8 Å². The van der Waals surface area contributed by atoms with E-state index in [1.165, 1.54) is 0 Å². The summed E-state index contributed by atoms with van der Waals surface area (Å²) in [7, 11) is 1.91. The number of anilines is 2. The van der Waals surface area contributed by atoms with Gasteiger partial charge >= 0.3 is 0 Å². The van der Waals surface area contributed by atoms with Crippen LogP contribution >= 0.6 is 11.8 Å². The topological polar surface area (TPSA) is 49.8 Å². The fourth-order valence-electron chi connectivity index (χ4n) is 2.24. The summed E-state index contributed by atoms with van der Waals surface area (Å²) in [6, 6.07) is 0. The van der Waals surface area contributed by atoms with Crippen LogP contribution in [0.5, 0.6) is 0 Å². The molecule has 4 nitrogen and oxygen atoms in total. The van der Waals surface area contributed by atoms with Gasteiger partial charge in [0.2, 0.25) is 0 Å². The molecule has 0 saturated carbocycles. The van der Waals surface area contributed by atoms with Gasteiger partial charge in [-0.05, 0) is 26.0 Å². The summed E-state index contributed by atoms with van der Waals surface area (Å²) in [5, 5.41) is 6.70. The van der Waals surface area contributed by atoms with Crippen LogP contribution in [-0.2, 0) is 6.42 Å². The van der Waals surface area contributed by atoms with Gasteiger partial charge in [0.15, 0.2) is 0 Å². The summed E-state index contributed by atoms with van der Waals surface area (Å²) in [5.74, 6) is 2.76. The van der Waals surface area contributed by atoms with Gasteiger partial charge in [0.25, 0.3) is 0 Å². The molecule has 1 rings (SSSR count). The average Bonchev–Trinajstić information content (AvgIpc) is 2.50. The van der Waals surface area contributed by atoms with E-state index in [2.05, 4.69) is 54.6 Å². The Labute approximate surface area is 127 Å². The molecule has 0 aliphatic rings. The minimum absolute atomic E-state index is 0.281. The first-order valence-electron chi connectivity index (χ1n) is 7.40. The lowest BCUT2D eigenvalue weighted by molar-refractivity contribution is 0.573. The third-order valence-corrected chi connectivity index (χ3v) is 5.63. The molecule has 0 fully saturated rings. The van der Waals surface area contributed by atoms with Crippen molar-refractivity contribution in [2.75, 3.05) is 30.5 Å². The molecule has 20 heavy (non-hydrogen) atoms. The Morgan fingerprint density at radius 3 is 2.15 bits per heavy atom. The molecule has 0 aliphatic carbocycles. The lowest BCUT2D eigenvalue weighted by Crippen LogP contribution is -2.32. The third kappa shape index (κ3) is 3.78. The Morgan fingerprint density at radius 1 is 1.10 bits per heavy atom. The number of nitrogens with zero attached hydrogens (tertiary/aromatic N) is 2. The molecule has 0 saturated heterocycles. The lowest BCUT2D eigenvalue weighted by Gasteiger charge is -2.30. The van der Waals surface area contributed by atoms with Crippen LogP contribution in [0.3, 0.4) is 0 Å². The minimum atomic E-state index is 0.281. The van der Waals surface area contributed by atoms with Gasteiger partial charge in [0.1, 0.15) is 17.5 Å². The Morgan fingerprint density at radius 2 is 1.70 bits per heavy atom.